The Morgan fingerprint density at radius 2 is 1.86 bits per heavy atom. The Morgan fingerprint density at radius 1 is 1.24 bits per heavy atom. The minimum Gasteiger partial charge on any atom is -0.334 e. The predicted octanol–water partition coefficient (Wildman–Crippen LogP) is 4.38. The van der Waals surface area contributed by atoms with E-state index in [2.05, 4.69) is 11.4 Å². The first-order chi connectivity index (χ1) is 10.1. The molecule has 112 valence electrons. The summed E-state index contributed by atoms with van der Waals surface area (Å²) in [5, 5.41) is 12.9. The first kappa shape index (κ1) is 15.9. The maximum absolute atomic E-state index is 12.5. The molecule has 0 aliphatic heterocycles. The molecule has 1 aromatic rings. The van der Waals surface area contributed by atoms with Crippen LogP contribution in [0.25, 0.3) is 0 Å². The topological polar surface area (TPSA) is 52.9 Å². The van der Waals surface area contributed by atoms with Crippen LogP contribution in [0.4, 0.5) is 0 Å². The van der Waals surface area contributed by atoms with Gasteiger partial charge in [0.2, 0.25) is 0 Å². The van der Waals surface area contributed by atoms with Crippen molar-refractivity contribution in [3.63, 3.8) is 0 Å². The number of aryl methyl sites for hydroxylation is 1. The number of hydrogen-bond acceptors (Lipinski definition) is 2. The summed E-state index contributed by atoms with van der Waals surface area (Å²) in [6.45, 7) is 1.93. The molecule has 0 bridgehead atoms. The number of nitrogens with one attached hydrogen (secondary N) is 1. The molecular weight excluding hydrogens is 284 g/mol. The number of halogens is 1. The zero-order valence-electron chi connectivity index (χ0n) is 12.4. The summed E-state index contributed by atoms with van der Waals surface area (Å²) in [6.07, 6.45) is 6.89. The second kappa shape index (κ2) is 6.95. The van der Waals surface area contributed by atoms with E-state index >= 15 is 0 Å². The number of nitriles is 1. The van der Waals surface area contributed by atoms with Crippen molar-refractivity contribution in [1.29, 1.82) is 5.26 Å². The van der Waals surface area contributed by atoms with Crippen LogP contribution in [0.2, 0.25) is 5.02 Å². The molecular formula is C17H21ClN2O. The van der Waals surface area contributed by atoms with Crippen LogP contribution in [0.3, 0.4) is 0 Å². The van der Waals surface area contributed by atoms with Gasteiger partial charge >= 0.3 is 0 Å². The lowest BCUT2D eigenvalue weighted by atomic mass is 9.85. The maximum Gasteiger partial charge on any atom is 0.254 e. The second-order valence-electron chi connectivity index (χ2n) is 5.90. The van der Waals surface area contributed by atoms with Crippen LogP contribution >= 0.6 is 11.6 Å². The number of hydrogen-bond donors (Lipinski definition) is 1. The minimum absolute atomic E-state index is 0.248. The van der Waals surface area contributed by atoms with Crippen molar-refractivity contribution in [2.45, 2.75) is 57.4 Å². The van der Waals surface area contributed by atoms with E-state index in [1.165, 1.54) is 6.42 Å². The van der Waals surface area contributed by atoms with Crippen molar-refractivity contribution in [3.05, 3.63) is 34.3 Å². The highest BCUT2D eigenvalue weighted by atomic mass is 35.5. The molecule has 1 N–H and O–H groups in total. The van der Waals surface area contributed by atoms with Gasteiger partial charge in [0.15, 0.2) is 0 Å². The molecule has 1 aliphatic carbocycles. The number of carbonyl (C=O) groups is 1. The van der Waals surface area contributed by atoms with Crippen molar-refractivity contribution >= 4 is 17.5 Å². The summed E-state index contributed by atoms with van der Waals surface area (Å²) < 4.78 is 0. The summed E-state index contributed by atoms with van der Waals surface area (Å²) in [6, 6.07) is 7.70. The van der Waals surface area contributed by atoms with Gasteiger partial charge in [-0.15, -0.1) is 0 Å². The van der Waals surface area contributed by atoms with E-state index in [1.54, 1.807) is 12.1 Å². The van der Waals surface area contributed by atoms with E-state index in [-0.39, 0.29) is 5.91 Å². The average Bonchev–Trinajstić information content (AvgIpc) is 2.42. The fourth-order valence-electron chi connectivity index (χ4n) is 2.86. The fraction of sp³-hybridized carbons (Fsp3) is 0.529. The smallest absolute Gasteiger partial charge is 0.254 e. The van der Waals surface area contributed by atoms with Crippen LogP contribution in [-0.2, 0) is 0 Å². The zero-order valence-corrected chi connectivity index (χ0v) is 13.2. The molecule has 2 rings (SSSR count). The maximum atomic E-state index is 12.5. The van der Waals surface area contributed by atoms with Gasteiger partial charge in [-0.05, 0) is 37.5 Å². The van der Waals surface area contributed by atoms with Crippen LogP contribution in [0.1, 0.15) is 60.9 Å². The SMILES string of the molecule is Cc1ccc(C(=O)NC2(C#N)CCCCCCC2)c(Cl)c1. The van der Waals surface area contributed by atoms with Gasteiger partial charge in [0, 0.05) is 0 Å². The number of rotatable bonds is 2. The molecule has 1 aliphatic rings. The summed E-state index contributed by atoms with van der Waals surface area (Å²) in [5.41, 5.74) is 0.711. The molecule has 21 heavy (non-hydrogen) atoms. The van der Waals surface area contributed by atoms with Crippen LogP contribution < -0.4 is 5.32 Å². The van der Waals surface area contributed by atoms with Gasteiger partial charge in [-0.2, -0.15) is 5.26 Å². The Kier molecular flexibility index (Phi) is 5.25. The van der Waals surface area contributed by atoms with Crippen molar-refractivity contribution in [3.8, 4) is 6.07 Å². The normalized spacial score (nSPS) is 18.1. The Bertz CT molecular complexity index is 554. The first-order valence-corrected chi connectivity index (χ1v) is 7.94. The van der Waals surface area contributed by atoms with Gasteiger partial charge < -0.3 is 5.32 Å². The lowest BCUT2D eigenvalue weighted by Gasteiger charge is -2.29. The molecule has 1 fully saturated rings. The largest absolute Gasteiger partial charge is 0.334 e. The van der Waals surface area contributed by atoms with Gasteiger partial charge in [0.05, 0.1) is 16.7 Å². The number of amides is 1. The van der Waals surface area contributed by atoms with Crippen molar-refractivity contribution in [2.24, 2.45) is 0 Å². The molecule has 0 atom stereocenters. The van der Waals surface area contributed by atoms with Crippen LogP contribution in [0.15, 0.2) is 18.2 Å². The van der Waals surface area contributed by atoms with Crippen molar-refractivity contribution in [1.82, 2.24) is 5.32 Å². The van der Waals surface area contributed by atoms with E-state index in [4.69, 9.17) is 11.6 Å². The quantitative estimate of drug-likeness (QED) is 0.881. The van der Waals surface area contributed by atoms with Crippen LogP contribution in [-0.4, -0.2) is 11.4 Å². The molecule has 0 aromatic heterocycles. The zero-order chi connectivity index (χ0) is 15.3. The summed E-state index contributed by atoms with van der Waals surface area (Å²) in [7, 11) is 0. The lowest BCUT2D eigenvalue weighted by Crippen LogP contribution is -2.47. The first-order valence-electron chi connectivity index (χ1n) is 7.56. The van der Waals surface area contributed by atoms with E-state index < -0.39 is 5.54 Å². The Morgan fingerprint density at radius 3 is 2.43 bits per heavy atom. The third kappa shape index (κ3) is 3.98. The molecule has 0 unspecified atom stereocenters. The van der Waals surface area contributed by atoms with Gasteiger partial charge in [0.25, 0.3) is 5.91 Å². The Hall–Kier alpha value is -1.53. The highest BCUT2D eigenvalue weighted by molar-refractivity contribution is 6.33. The third-order valence-electron chi connectivity index (χ3n) is 4.14. The molecule has 0 spiro atoms. The standard InChI is InChI=1S/C17H21ClN2O/c1-13-7-8-14(15(18)11-13)16(21)20-17(12-19)9-5-3-2-4-6-10-17/h7-8,11H,2-6,9-10H2,1H3,(H,20,21). The molecule has 1 amide bonds. The Labute approximate surface area is 131 Å². The van der Waals surface area contributed by atoms with E-state index in [0.29, 0.717) is 10.6 Å². The van der Waals surface area contributed by atoms with Crippen LogP contribution in [0.5, 0.6) is 0 Å². The van der Waals surface area contributed by atoms with Gasteiger partial charge in [-0.25, -0.2) is 0 Å². The van der Waals surface area contributed by atoms with Crippen molar-refractivity contribution in [2.75, 3.05) is 0 Å². The second-order valence-corrected chi connectivity index (χ2v) is 6.31. The number of benzene rings is 1. The summed E-state index contributed by atoms with van der Waals surface area (Å²) in [5.74, 6) is -0.248. The van der Waals surface area contributed by atoms with E-state index in [0.717, 1.165) is 44.1 Å². The molecule has 1 aromatic carbocycles. The third-order valence-corrected chi connectivity index (χ3v) is 4.46. The number of carbonyl (C=O) groups excluding carboxylic acids is 1. The minimum atomic E-state index is -0.744. The fourth-order valence-corrected chi connectivity index (χ4v) is 3.18. The molecule has 1 saturated carbocycles. The van der Waals surface area contributed by atoms with Crippen molar-refractivity contribution < 1.29 is 4.79 Å². The highest BCUT2D eigenvalue weighted by Crippen LogP contribution is 2.27. The summed E-state index contributed by atoms with van der Waals surface area (Å²) in [4.78, 5) is 12.5. The van der Waals surface area contributed by atoms with E-state index in [9.17, 15) is 10.1 Å². The predicted molar refractivity (Wildman–Crippen MR) is 84.3 cm³/mol. The van der Waals surface area contributed by atoms with Gasteiger partial charge in [-0.3, -0.25) is 4.79 Å². The molecule has 0 heterocycles. The molecule has 0 radical (unpaired) electrons. The van der Waals surface area contributed by atoms with Gasteiger partial charge in [0.1, 0.15) is 5.54 Å². The monoisotopic (exact) mass is 304 g/mol. The van der Waals surface area contributed by atoms with Gasteiger partial charge in [-0.1, -0.05) is 49.8 Å². The molecule has 0 saturated heterocycles. The Balaban J connectivity index is 2.16. The van der Waals surface area contributed by atoms with E-state index in [1.807, 2.05) is 13.0 Å². The molecule has 3 nitrogen and oxygen atoms in total. The highest BCUT2D eigenvalue weighted by Gasteiger charge is 2.32. The van der Waals surface area contributed by atoms with Crippen LogP contribution in [0, 0.1) is 18.3 Å². The summed E-state index contributed by atoms with van der Waals surface area (Å²) >= 11 is 6.15. The molecule has 4 heteroatoms. The average molecular weight is 305 g/mol. The number of nitrogens with zero attached hydrogens (tertiary/aromatic N) is 1. The lowest BCUT2D eigenvalue weighted by molar-refractivity contribution is 0.0908.